The molecule has 0 aromatic heterocycles. The number of thiol groups is 1. The second-order valence-corrected chi connectivity index (χ2v) is 6.67. The molecule has 1 aliphatic carbocycles. The Morgan fingerprint density at radius 1 is 1.17 bits per heavy atom. The van der Waals surface area contributed by atoms with E-state index in [-0.39, 0.29) is 0 Å². The van der Waals surface area contributed by atoms with Gasteiger partial charge in [0.15, 0.2) is 0 Å². The van der Waals surface area contributed by atoms with Crippen molar-refractivity contribution < 1.29 is 4.74 Å². The Labute approximate surface area is 79.2 Å². The summed E-state index contributed by atoms with van der Waals surface area (Å²) in [6.45, 7) is 0. The van der Waals surface area contributed by atoms with Gasteiger partial charge in [-0.25, -0.2) is 0 Å². The molecule has 1 saturated carbocycles. The van der Waals surface area contributed by atoms with Crippen molar-refractivity contribution in [3.63, 3.8) is 0 Å². The van der Waals surface area contributed by atoms with Gasteiger partial charge < -0.3 is 4.74 Å². The molecule has 1 rings (SSSR count). The van der Waals surface area contributed by atoms with E-state index in [2.05, 4.69) is 12.5 Å². The van der Waals surface area contributed by atoms with Crippen LogP contribution in [0.1, 0.15) is 25.7 Å². The summed E-state index contributed by atoms with van der Waals surface area (Å²) in [6.07, 6.45) is 10.7. The Kier molecular flexibility index (Phi) is 4.44. The van der Waals surface area contributed by atoms with Crippen molar-refractivity contribution in [2.45, 2.75) is 31.8 Å². The van der Waals surface area contributed by atoms with Crippen molar-refractivity contribution in [3.8, 4) is 0 Å². The van der Waals surface area contributed by atoms with E-state index in [9.17, 15) is 0 Å². The van der Waals surface area contributed by atoms with E-state index in [0.29, 0.717) is 17.0 Å². The lowest BCUT2D eigenvalue weighted by atomic mass is 9.89. The molecule has 0 aromatic carbocycles. The second kappa shape index (κ2) is 5.13. The van der Waals surface area contributed by atoms with E-state index in [1.807, 2.05) is 7.11 Å². The van der Waals surface area contributed by atoms with E-state index in [0.717, 1.165) is 5.92 Å². The molecule has 0 spiro atoms. The maximum Gasteiger partial charge on any atom is 0.0571 e. The maximum atomic E-state index is 5.35. The minimum Gasteiger partial charge on any atom is -0.381 e. The molecule has 0 radical (unpaired) electrons. The molecule has 0 amide bonds. The number of methoxy groups -OCH3 is 1. The highest BCUT2D eigenvalue weighted by molar-refractivity contribution is 8.15. The molecule has 12 heavy (non-hydrogen) atoms. The van der Waals surface area contributed by atoms with Crippen LogP contribution in [0.2, 0.25) is 0 Å². The fourth-order valence-electron chi connectivity index (χ4n) is 2.07. The van der Waals surface area contributed by atoms with E-state index >= 15 is 0 Å². The first-order valence-electron chi connectivity index (χ1n) is 4.90. The molecule has 74 valence electrons. The van der Waals surface area contributed by atoms with Gasteiger partial charge >= 0.3 is 0 Å². The largest absolute Gasteiger partial charge is 0.381 e. The summed E-state index contributed by atoms with van der Waals surface area (Å²) in [6, 6.07) is 0. The summed E-state index contributed by atoms with van der Waals surface area (Å²) in [5.74, 6) is 2.49. The predicted molar refractivity (Wildman–Crippen MR) is 58.5 cm³/mol. The minimum atomic E-state index is 0.317. The van der Waals surface area contributed by atoms with Gasteiger partial charge in [0.1, 0.15) is 0 Å². The molecule has 0 atom stereocenters. The lowest BCUT2D eigenvalue weighted by molar-refractivity contribution is 0.0599. The van der Waals surface area contributed by atoms with Crippen molar-refractivity contribution in [2.75, 3.05) is 25.4 Å². The molecule has 1 aliphatic rings. The fraction of sp³-hybridized carbons (Fsp3) is 1.00. The van der Waals surface area contributed by atoms with Gasteiger partial charge in [0.2, 0.25) is 0 Å². The van der Waals surface area contributed by atoms with E-state index < -0.39 is 0 Å². The zero-order chi connectivity index (χ0) is 8.97. The first kappa shape index (κ1) is 10.4. The molecule has 0 heterocycles. The van der Waals surface area contributed by atoms with Gasteiger partial charge in [-0.05, 0) is 49.9 Å². The smallest absolute Gasteiger partial charge is 0.0571 e. The summed E-state index contributed by atoms with van der Waals surface area (Å²) >= 11 is 0. The van der Waals surface area contributed by atoms with Crippen LogP contribution in [0.4, 0.5) is 0 Å². The summed E-state index contributed by atoms with van der Waals surface area (Å²) in [7, 11) is 2.16. The Morgan fingerprint density at radius 3 is 2.17 bits per heavy atom. The predicted octanol–water partition coefficient (Wildman–Crippen LogP) is 2.45. The Morgan fingerprint density at radius 2 is 1.75 bits per heavy atom. The maximum absolute atomic E-state index is 5.35. The zero-order valence-corrected chi connectivity index (χ0v) is 9.44. The van der Waals surface area contributed by atoms with Crippen LogP contribution in [0.3, 0.4) is 0 Å². The topological polar surface area (TPSA) is 9.23 Å². The lowest BCUT2D eigenvalue weighted by Crippen LogP contribution is -2.22. The van der Waals surface area contributed by atoms with Crippen LogP contribution in [0.15, 0.2) is 0 Å². The van der Waals surface area contributed by atoms with Crippen LogP contribution in [0.5, 0.6) is 0 Å². The molecule has 0 aliphatic heterocycles. The van der Waals surface area contributed by atoms with Crippen LogP contribution in [0, 0.1) is 5.92 Å². The number of rotatable bonds is 3. The van der Waals surface area contributed by atoms with Gasteiger partial charge in [0.05, 0.1) is 6.10 Å². The van der Waals surface area contributed by atoms with E-state index in [4.69, 9.17) is 4.74 Å². The third-order valence-corrected chi connectivity index (χ3v) is 4.00. The summed E-state index contributed by atoms with van der Waals surface area (Å²) in [4.78, 5) is 0. The van der Waals surface area contributed by atoms with Crippen molar-refractivity contribution in [3.05, 3.63) is 0 Å². The second-order valence-electron chi connectivity index (χ2n) is 4.14. The summed E-state index contributed by atoms with van der Waals surface area (Å²) in [5.41, 5.74) is 0. The average Bonchev–Trinajstić information content (AvgIpc) is 2.05. The monoisotopic (exact) mass is 190 g/mol. The molecule has 0 saturated heterocycles. The Balaban J connectivity index is 2.17. The molecule has 0 unspecified atom stereocenters. The normalized spacial score (nSPS) is 31.8. The van der Waals surface area contributed by atoms with Gasteiger partial charge in [-0.15, -0.1) is 0 Å². The number of ether oxygens (including phenoxy) is 1. The van der Waals surface area contributed by atoms with Gasteiger partial charge in [0.25, 0.3) is 0 Å². The summed E-state index contributed by atoms with van der Waals surface area (Å²) in [5, 5.41) is 0. The third kappa shape index (κ3) is 3.36. The van der Waals surface area contributed by atoms with Crippen LogP contribution >= 0.6 is 10.9 Å². The first-order valence-corrected chi connectivity index (χ1v) is 7.32. The fourth-order valence-corrected chi connectivity index (χ4v) is 3.46. The lowest BCUT2D eigenvalue weighted by Gasteiger charge is -2.29. The Hall–Kier alpha value is 0.310. The van der Waals surface area contributed by atoms with Crippen molar-refractivity contribution >= 4 is 10.9 Å². The van der Waals surface area contributed by atoms with Crippen LogP contribution in [-0.2, 0) is 4.74 Å². The zero-order valence-electron chi connectivity index (χ0n) is 8.55. The van der Waals surface area contributed by atoms with Crippen LogP contribution in [-0.4, -0.2) is 31.5 Å². The minimum absolute atomic E-state index is 0.317. The Bertz CT molecular complexity index is 117. The number of hydrogen-bond donors (Lipinski definition) is 1. The van der Waals surface area contributed by atoms with E-state index in [1.165, 1.54) is 31.4 Å². The molecule has 0 bridgehead atoms. The molecular formula is C10H22OS. The highest BCUT2D eigenvalue weighted by Gasteiger charge is 2.20. The first-order chi connectivity index (χ1) is 5.72. The van der Waals surface area contributed by atoms with Gasteiger partial charge in [-0.1, -0.05) is 0 Å². The van der Waals surface area contributed by atoms with Gasteiger partial charge in [0, 0.05) is 7.11 Å². The van der Waals surface area contributed by atoms with Crippen LogP contribution in [0.25, 0.3) is 0 Å². The molecule has 0 N–H and O–H groups in total. The average molecular weight is 190 g/mol. The molecule has 0 aromatic rings. The molecule has 1 fully saturated rings. The van der Waals surface area contributed by atoms with Crippen LogP contribution < -0.4 is 0 Å². The van der Waals surface area contributed by atoms with Gasteiger partial charge in [-0.3, -0.25) is 10.9 Å². The van der Waals surface area contributed by atoms with Crippen molar-refractivity contribution in [1.29, 1.82) is 0 Å². The molecular weight excluding hydrogens is 168 g/mol. The SMILES string of the molecule is CO[C@H]1CC[C@H](C[SH](C)C)CC1. The van der Waals surface area contributed by atoms with E-state index in [1.54, 1.807) is 0 Å². The molecule has 1 nitrogen and oxygen atoms in total. The summed E-state index contributed by atoms with van der Waals surface area (Å²) < 4.78 is 5.35. The quantitative estimate of drug-likeness (QED) is 0.673. The third-order valence-electron chi connectivity index (χ3n) is 2.75. The highest BCUT2D eigenvalue weighted by atomic mass is 32.2. The molecule has 2 heteroatoms. The number of hydrogen-bond acceptors (Lipinski definition) is 1. The van der Waals surface area contributed by atoms with Crippen molar-refractivity contribution in [2.24, 2.45) is 5.92 Å². The highest BCUT2D eigenvalue weighted by Crippen LogP contribution is 2.31. The van der Waals surface area contributed by atoms with Gasteiger partial charge in [-0.2, -0.15) is 0 Å². The standard InChI is InChI=1S/C10H22OS/c1-11-10-6-4-9(5-7-10)8-12(2)3/h9-10,12H,4-8H2,1-3H3/t9-,10-. The van der Waals surface area contributed by atoms with Crippen molar-refractivity contribution in [1.82, 2.24) is 0 Å².